The molecule has 1 spiro atoms. The van der Waals surface area contributed by atoms with Crippen LogP contribution in [0.3, 0.4) is 0 Å². The first-order valence-corrected chi connectivity index (χ1v) is 7.40. The van der Waals surface area contributed by atoms with Crippen LogP contribution in [0.1, 0.15) is 24.7 Å². The zero-order valence-corrected chi connectivity index (χ0v) is 11.8. The van der Waals surface area contributed by atoms with E-state index < -0.39 is 0 Å². The standard InChI is InChI=1S/C15H18N4O2/c1-5-16-6-2-11(1)13-18-19-14(21-13)12-9-17-10-15(12)3-7-20-8-4-15/h1-2,5-6,12,17H,3-4,7-10H2/t12-/m0/s1. The molecule has 0 amide bonds. The van der Waals surface area contributed by atoms with Crippen molar-refractivity contribution in [3.8, 4) is 11.5 Å². The predicted octanol–water partition coefficient (Wildman–Crippen LogP) is 1.62. The molecule has 21 heavy (non-hydrogen) atoms. The first kappa shape index (κ1) is 12.9. The van der Waals surface area contributed by atoms with Crippen molar-refractivity contribution in [2.75, 3.05) is 26.3 Å². The van der Waals surface area contributed by atoms with Crippen LogP contribution in [0.2, 0.25) is 0 Å². The van der Waals surface area contributed by atoms with Gasteiger partial charge in [0.2, 0.25) is 11.8 Å². The summed E-state index contributed by atoms with van der Waals surface area (Å²) in [5, 5.41) is 12.0. The molecule has 0 aromatic carbocycles. The lowest BCUT2D eigenvalue weighted by Gasteiger charge is -2.36. The summed E-state index contributed by atoms with van der Waals surface area (Å²) in [6.07, 6.45) is 5.57. The van der Waals surface area contributed by atoms with E-state index in [1.807, 2.05) is 12.1 Å². The maximum Gasteiger partial charge on any atom is 0.247 e. The minimum Gasteiger partial charge on any atom is -0.420 e. The van der Waals surface area contributed by atoms with E-state index in [-0.39, 0.29) is 11.3 Å². The smallest absolute Gasteiger partial charge is 0.247 e. The SMILES string of the molecule is c1cc(-c2nnc([C@@H]3CNCC34CCOCC4)o2)ccn1. The Kier molecular flexibility index (Phi) is 3.20. The van der Waals surface area contributed by atoms with Crippen LogP contribution >= 0.6 is 0 Å². The van der Waals surface area contributed by atoms with E-state index in [4.69, 9.17) is 9.15 Å². The van der Waals surface area contributed by atoms with Gasteiger partial charge in [0.1, 0.15) is 0 Å². The summed E-state index contributed by atoms with van der Waals surface area (Å²) in [6.45, 7) is 3.55. The van der Waals surface area contributed by atoms with Crippen LogP contribution in [0.4, 0.5) is 0 Å². The van der Waals surface area contributed by atoms with Crippen molar-refractivity contribution in [2.45, 2.75) is 18.8 Å². The fraction of sp³-hybridized carbons (Fsp3) is 0.533. The molecule has 2 saturated heterocycles. The van der Waals surface area contributed by atoms with Gasteiger partial charge in [0.05, 0.1) is 5.92 Å². The van der Waals surface area contributed by atoms with Crippen LogP contribution < -0.4 is 5.32 Å². The number of ether oxygens (including phenoxy) is 1. The van der Waals surface area contributed by atoms with Gasteiger partial charge in [-0.15, -0.1) is 10.2 Å². The number of hydrogen-bond donors (Lipinski definition) is 1. The Morgan fingerprint density at radius 3 is 2.76 bits per heavy atom. The van der Waals surface area contributed by atoms with E-state index in [9.17, 15) is 0 Å². The maximum atomic E-state index is 5.95. The summed E-state index contributed by atoms with van der Waals surface area (Å²) in [5.41, 5.74) is 1.12. The van der Waals surface area contributed by atoms with Gasteiger partial charge in [-0.3, -0.25) is 4.98 Å². The van der Waals surface area contributed by atoms with E-state index in [1.165, 1.54) is 0 Å². The summed E-state index contributed by atoms with van der Waals surface area (Å²) < 4.78 is 11.5. The topological polar surface area (TPSA) is 73.1 Å². The Hall–Kier alpha value is -1.79. The van der Waals surface area contributed by atoms with Crippen LogP contribution in [-0.4, -0.2) is 41.5 Å². The number of hydrogen-bond acceptors (Lipinski definition) is 6. The highest BCUT2D eigenvalue weighted by Gasteiger charge is 2.47. The molecular weight excluding hydrogens is 268 g/mol. The minimum atomic E-state index is 0.209. The molecule has 110 valence electrons. The number of nitrogens with one attached hydrogen (secondary N) is 1. The second-order valence-electron chi connectivity index (χ2n) is 5.84. The third kappa shape index (κ3) is 2.24. The van der Waals surface area contributed by atoms with Crippen molar-refractivity contribution in [1.29, 1.82) is 0 Å². The molecule has 2 aromatic rings. The molecule has 6 nitrogen and oxygen atoms in total. The lowest BCUT2D eigenvalue weighted by Crippen LogP contribution is -2.35. The van der Waals surface area contributed by atoms with Gasteiger partial charge in [0, 0.05) is 44.3 Å². The first-order valence-electron chi connectivity index (χ1n) is 7.40. The highest BCUT2D eigenvalue weighted by atomic mass is 16.5. The van der Waals surface area contributed by atoms with Gasteiger partial charge in [0.15, 0.2) is 0 Å². The fourth-order valence-electron chi connectivity index (χ4n) is 3.44. The zero-order valence-electron chi connectivity index (χ0n) is 11.8. The number of pyridine rings is 1. The zero-order chi connectivity index (χ0) is 14.1. The second kappa shape index (κ2) is 5.20. The monoisotopic (exact) mass is 286 g/mol. The van der Waals surface area contributed by atoms with Gasteiger partial charge in [-0.2, -0.15) is 0 Å². The van der Waals surface area contributed by atoms with E-state index in [1.54, 1.807) is 12.4 Å². The number of aromatic nitrogens is 3. The molecule has 2 aliphatic rings. The lowest BCUT2D eigenvalue weighted by atomic mass is 9.72. The van der Waals surface area contributed by atoms with Crippen LogP contribution in [0.15, 0.2) is 28.9 Å². The predicted molar refractivity (Wildman–Crippen MR) is 75.6 cm³/mol. The highest BCUT2D eigenvalue weighted by Crippen LogP contribution is 2.46. The lowest BCUT2D eigenvalue weighted by molar-refractivity contribution is 0.0130. The minimum absolute atomic E-state index is 0.209. The molecule has 0 bridgehead atoms. The molecule has 0 saturated carbocycles. The van der Waals surface area contributed by atoms with Gasteiger partial charge >= 0.3 is 0 Å². The molecule has 2 aromatic heterocycles. The summed E-state index contributed by atoms with van der Waals surface area (Å²) in [5.74, 6) is 1.60. The van der Waals surface area contributed by atoms with Gasteiger partial charge in [0.25, 0.3) is 0 Å². The van der Waals surface area contributed by atoms with E-state index in [0.717, 1.165) is 50.6 Å². The van der Waals surface area contributed by atoms with Crippen molar-refractivity contribution in [1.82, 2.24) is 20.5 Å². The third-order valence-corrected chi connectivity index (χ3v) is 4.72. The van der Waals surface area contributed by atoms with Crippen molar-refractivity contribution in [2.24, 2.45) is 5.41 Å². The molecular formula is C15H18N4O2. The molecule has 0 aliphatic carbocycles. The van der Waals surface area contributed by atoms with E-state index >= 15 is 0 Å². The normalized spacial score (nSPS) is 24.5. The van der Waals surface area contributed by atoms with Gasteiger partial charge in [-0.1, -0.05) is 0 Å². The molecule has 6 heteroatoms. The molecule has 4 rings (SSSR count). The average Bonchev–Trinajstić information content (AvgIpc) is 3.16. The Morgan fingerprint density at radius 1 is 1.14 bits per heavy atom. The Labute approximate surface area is 122 Å². The summed E-state index contributed by atoms with van der Waals surface area (Å²) >= 11 is 0. The quantitative estimate of drug-likeness (QED) is 0.904. The maximum absolute atomic E-state index is 5.95. The highest BCUT2D eigenvalue weighted by molar-refractivity contribution is 5.50. The Morgan fingerprint density at radius 2 is 1.95 bits per heavy atom. The van der Waals surface area contributed by atoms with Crippen LogP contribution in [0, 0.1) is 5.41 Å². The van der Waals surface area contributed by atoms with Gasteiger partial charge in [-0.25, -0.2) is 0 Å². The van der Waals surface area contributed by atoms with Crippen LogP contribution in [0.5, 0.6) is 0 Å². The molecule has 4 heterocycles. The van der Waals surface area contributed by atoms with Crippen molar-refractivity contribution in [3.05, 3.63) is 30.4 Å². The van der Waals surface area contributed by atoms with Gasteiger partial charge < -0.3 is 14.5 Å². The molecule has 0 radical (unpaired) electrons. The van der Waals surface area contributed by atoms with Crippen molar-refractivity contribution >= 4 is 0 Å². The fourth-order valence-corrected chi connectivity index (χ4v) is 3.44. The van der Waals surface area contributed by atoms with E-state index in [0.29, 0.717) is 5.89 Å². The second-order valence-corrected chi connectivity index (χ2v) is 5.84. The van der Waals surface area contributed by atoms with Crippen molar-refractivity contribution < 1.29 is 9.15 Å². The third-order valence-electron chi connectivity index (χ3n) is 4.72. The number of rotatable bonds is 2. The molecule has 1 N–H and O–H groups in total. The summed E-state index contributed by atoms with van der Waals surface area (Å²) in [4.78, 5) is 4.01. The summed E-state index contributed by atoms with van der Waals surface area (Å²) in [6, 6.07) is 3.77. The Bertz CT molecular complexity index is 607. The summed E-state index contributed by atoms with van der Waals surface area (Å²) in [7, 11) is 0. The van der Waals surface area contributed by atoms with Gasteiger partial charge in [-0.05, 0) is 30.4 Å². The van der Waals surface area contributed by atoms with E-state index in [2.05, 4.69) is 20.5 Å². The Balaban J connectivity index is 1.63. The van der Waals surface area contributed by atoms with Crippen LogP contribution in [0.25, 0.3) is 11.5 Å². The molecule has 2 aliphatic heterocycles. The first-order chi connectivity index (χ1) is 10.4. The largest absolute Gasteiger partial charge is 0.420 e. The molecule has 1 atom stereocenters. The molecule has 0 unspecified atom stereocenters. The average molecular weight is 286 g/mol. The van der Waals surface area contributed by atoms with Crippen molar-refractivity contribution in [3.63, 3.8) is 0 Å². The molecule has 2 fully saturated rings. The number of nitrogens with zero attached hydrogens (tertiary/aromatic N) is 3. The van der Waals surface area contributed by atoms with Crippen LogP contribution in [-0.2, 0) is 4.74 Å².